The Morgan fingerprint density at radius 2 is 1.84 bits per heavy atom. The largest absolute Gasteiger partial charge is 0.483 e. The maximum absolute atomic E-state index is 11.9. The molecule has 0 aliphatic carbocycles. The van der Waals surface area contributed by atoms with E-state index in [0.29, 0.717) is 5.75 Å². The van der Waals surface area contributed by atoms with Crippen LogP contribution in [0.4, 0.5) is 0 Å². The lowest BCUT2D eigenvalue weighted by atomic mass is 10.1. The summed E-state index contributed by atoms with van der Waals surface area (Å²) in [5, 5.41) is 6.30. The molecule has 1 N–H and O–H groups in total. The number of nitrogens with zero attached hydrogens (tertiary/aromatic N) is 1. The first-order valence-electron chi connectivity index (χ1n) is 8.12. The van der Waals surface area contributed by atoms with E-state index in [0.717, 1.165) is 22.1 Å². The van der Waals surface area contributed by atoms with Crippen LogP contribution >= 0.6 is 0 Å². The minimum Gasteiger partial charge on any atom is -0.483 e. The number of aryl methyl sites for hydroxylation is 2. The SMILES string of the molecule is Cc1ccc(C)c(OCC(=O)N/N=C/c2ccc3ccccc3c2)c1. The standard InChI is InChI=1S/C21H20N2O2/c1-15-7-8-16(2)20(11-15)25-14-21(24)23-22-13-17-9-10-18-5-3-4-6-19(18)12-17/h3-13H,14H2,1-2H3,(H,23,24)/b22-13+. The van der Waals surface area contributed by atoms with Crippen LogP contribution < -0.4 is 10.2 Å². The van der Waals surface area contributed by atoms with Crippen molar-refractivity contribution in [2.75, 3.05) is 6.61 Å². The average Bonchev–Trinajstić information content (AvgIpc) is 2.62. The van der Waals surface area contributed by atoms with Gasteiger partial charge in [0.1, 0.15) is 5.75 Å². The lowest BCUT2D eigenvalue weighted by Crippen LogP contribution is -2.24. The fraction of sp³-hybridized carbons (Fsp3) is 0.143. The molecular weight excluding hydrogens is 312 g/mol. The Labute approximate surface area is 147 Å². The third-order valence-corrected chi connectivity index (χ3v) is 3.88. The van der Waals surface area contributed by atoms with Gasteiger partial charge in [-0.2, -0.15) is 5.10 Å². The normalized spacial score (nSPS) is 11.0. The fourth-order valence-corrected chi connectivity index (χ4v) is 2.51. The molecule has 0 aliphatic heterocycles. The number of hydrogen-bond acceptors (Lipinski definition) is 3. The van der Waals surface area contributed by atoms with Crippen molar-refractivity contribution in [2.45, 2.75) is 13.8 Å². The first-order valence-corrected chi connectivity index (χ1v) is 8.12. The van der Waals surface area contributed by atoms with Crippen molar-refractivity contribution in [1.29, 1.82) is 0 Å². The molecule has 0 aromatic heterocycles. The van der Waals surface area contributed by atoms with E-state index in [4.69, 9.17) is 4.74 Å². The summed E-state index contributed by atoms with van der Waals surface area (Å²) in [6, 6.07) is 20.0. The van der Waals surface area contributed by atoms with Crippen LogP contribution in [0.2, 0.25) is 0 Å². The summed E-state index contributed by atoms with van der Waals surface area (Å²) in [6.07, 6.45) is 1.63. The summed E-state index contributed by atoms with van der Waals surface area (Å²) in [6.45, 7) is 3.87. The highest BCUT2D eigenvalue weighted by Crippen LogP contribution is 2.18. The van der Waals surface area contributed by atoms with Gasteiger partial charge >= 0.3 is 0 Å². The van der Waals surface area contributed by atoms with Gasteiger partial charge < -0.3 is 4.74 Å². The molecule has 25 heavy (non-hydrogen) atoms. The van der Waals surface area contributed by atoms with Gasteiger partial charge in [-0.1, -0.05) is 48.5 Å². The van der Waals surface area contributed by atoms with E-state index >= 15 is 0 Å². The molecule has 3 aromatic rings. The van der Waals surface area contributed by atoms with Crippen LogP contribution in [0.5, 0.6) is 5.75 Å². The lowest BCUT2D eigenvalue weighted by molar-refractivity contribution is -0.123. The molecule has 0 saturated carbocycles. The van der Waals surface area contributed by atoms with Crippen molar-refractivity contribution in [3.63, 3.8) is 0 Å². The number of ether oxygens (including phenoxy) is 1. The van der Waals surface area contributed by atoms with E-state index in [1.807, 2.05) is 68.4 Å². The van der Waals surface area contributed by atoms with Gasteiger partial charge in [-0.15, -0.1) is 0 Å². The molecule has 0 fully saturated rings. The quantitative estimate of drug-likeness (QED) is 0.567. The number of rotatable bonds is 5. The minimum absolute atomic E-state index is 0.0701. The highest BCUT2D eigenvalue weighted by Gasteiger charge is 2.04. The molecule has 4 heteroatoms. The molecule has 0 bridgehead atoms. The molecule has 0 heterocycles. The smallest absolute Gasteiger partial charge is 0.277 e. The summed E-state index contributed by atoms with van der Waals surface area (Å²) in [5.74, 6) is 0.423. The van der Waals surface area contributed by atoms with E-state index in [9.17, 15) is 4.79 Å². The molecule has 0 saturated heterocycles. The monoisotopic (exact) mass is 332 g/mol. The van der Waals surface area contributed by atoms with Crippen molar-refractivity contribution in [2.24, 2.45) is 5.10 Å². The maximum atomic E-state index is 11.9. The van der Waals surface area contributed by atoms with Gasteiger partial charge in [-0.05, 0) is 53.4 Å². The average molecular weight is 332 g/mol. The molecule has 0 spiro atoms. The second-order valence-corrected chi connectivity index (χ2v) is 5.96. The van der Waals surface area contributed by atoms with Crippen molar-refractivity contribution in [3.8, 4) is 5.75 Å². The van der Waals surface area contributed by atoms with Crippen LogP contribution in [0.25, 0.3) is 10.8 Å². The number of hydrogen-bond donors (Lipinski definition) is 1. The number of carbonyl (C=O) groups excluding carboxylic acids is 1. The molecule has 1 amide bonds. The van der Waals surface area contributed by atoms with Crippen LogP contribution in [-0.2, 0) is 4.79 Å². The van der Waals surface area contributed by atoms with Crippen molar-refractivity contribution < 1.29 is 9.53 Å². The first-order chi connectivity index (χ1) is 12.1. The van der Waals surface area contributed by atoms with Gasteiger partial charge in [0.25, 0.3) is 5.91 Å². The molecule has 0 atom stereocenters. The zero-order valence-electron chi connectivity index (χ0n) is 14.3. The number of amides is 1. The number of fused-ring (bicyclic) bond motifs is 1. The van der Waals surface area contributed by atoms with Crippen LogP contribution in [0.3, 0.4) is 0 Å². The van der Waals surface area contributed by atoms with E-state index < -0.39 is 0 Å². The highest BCUT2D eigenvalue weighted by atomic mass is 16.5. The van der Waals surface area contributed by atoms with E-state index in [1.54, 1.807) is 6.21 Å². The van der Waals surface area contributed by atoms with Gasteiger partial charge in [0.05, 0.1) is 6.21 Å². The van der Waals surface area contributed by atoms with Crippen LogP contribution in [0.15, 0.2) is 65.8 Å². The molecule has 126 valence electrons. The number of benzene rings is 3. The maximum Gasteiger partial charge on any atom is 0.277 e. The molecule has 3 aromatic carbocycles. The van der Waals surface area contributed by atoms with Gasteiger partial charge in [0.2, 0.25) is 0 Å². The molecule has 0 unspecified atom stereocenters. The van der Waals surface area contributed by atoms with Gasteiger partial charge in [0, 0.05) is 0 Å². The lowest BCUT2D eigenvalue weighted by Gasteiger charge is -2.08. The van der Waals surface area contributed by atoms with Crippen molar-refractivity contribution >= 4 is 22.9 Å². The summed E-state index contributed by atoms with van der Waals surface area (Å²) in [5.41, 5.74) is 5.51. The van der Waals surface area contributed by atoms with Gasteiger partial charge in [-0.25, -0.2) is 5.43 Å². The van der Waals surface area contributed by atoms with Gasteiger partial charge in [0.15, 0.2) is 6.61 Å². The highest BCUT2D eigenvalue weighted by molar-refractivity contribution is 5.90. The Balaban J connectivity index is 1.55. The topological polar surface area (TPSA) is 50.7 Å². The molecular formula is C21H20N2O2. The summed E-state index contributed by atoms with van der Waals surface area (Å²) < 4.78 is 5.55. The summed E-state index contributed by atoms with van der Waals surface area (Å²) >= 11 is 0. The van der Waals surface area contributed by atoms with Crippen LogP contribution in [0, 0.1) is 13.8 Å². The predicted octanol–water partition coefficient (Wildman–Crippen LogP) is 3.99. The Kier molecular flexibility index (Phi) is 5.09. The molecule has 0 aliphatic rings. The van der Waals surface area contributed by atoms with Crippen molar-refractivity contribution in [1.82, 2.24) is 5.43 Å². The number of nitrogens with one attached hydrogen (secondary N) is 1. The third-order valence-electron chi connectivity index (χ3n) is 3.88. The van der Waals surface area contributed by atoms with E-state index in [1.165, 1.54) is 5.39 Å². The van der Waals surface area contributed by atoms with Crippen LogP contribution in [-0.4, -0.2) is 18.7 Å². The second-order valence-electron chi connectivity index (χ2n) is 5.96. The Morgan fingerprint density at radius 1 is 1.04 bits per heavy atom. The zero-order valence-corrected chi connectivity index (χ0v) is 14.3. The van der Waals surface area contributed by atoms with Crippen molar-refractivity contribution in [3.05, 3.63) is 77.4 Å². The fourth-order valence-electron chi connectivity index (χ4n) is 2.51. The third kappa shape index (κ3) is 4.44. The summed E-state index contributed by atoms with van der Waals surface area (Å²) in [4.78, 5) is 11.9. The Bertz CT molecular complexity index is 932. The number of hydrazone groups is 1. The van der Waals surface area contributed by atoms with Gasteiger partial charge in [-0.3, -0.25) is 4.79 Å². The van der Waals surface area contributed by atoms with Crippen LogP contribution in [0.1, 0.15) is 16.7 Å². The Morgan fingerprint density at radius 3 is 2.68 bits per heavy atom. The molecule has 0 radical (unpaired) electrons. The Hall–Kier alpha value is -3.14. The molecule has 4 nitrogen and oxygen atoms in total. The van der Waals surface area contributed by atoms with E-state index in [-0.39, 0.29) is 12.5 Å². The second kappa shape index (κ2) is 7.62. The van der Waals surface area contributed by atoms with E-state index in [2.05, 4.69) is 16.6 Å². The number of carbonyl (C=O) groups is 1. The zero-order chi connectivity index (χ0) is 17.6. The minimum atomic E-state index is -0.294. The summed E-state index contributed by atoms with van der Waals surface area (Å²) in [7, 11) is 0. The molecule has 3 rings (SSSR count). The first kappa shape index (κ1) is 16.7. The predicted molar refractivity (Wildman–Crippen MR) is 101 cm³/mol.